The second-order valence-corrected chi connectivity index (χ2v) is 11.4. The number of nitrogens with zero attached hydrogens (tertiary/aromatic N) is 8. The van der Waals surface area contributed by atoms with Crippen molar-refractivity contribution in [2.24, 2.45) is 0 Å². The first-order chi connectivity index (χ1) is 18.7. The largest absolute Gasteiger partial charge is 0.419 e. The molecule has 15 heteroatoms. The van der Waals surface area contributed by atoms with Crippen LogP contribution in [-0.4, -0.2) is 65.3 Å². The molecule has 10 nitrogen and oxygen atoms in total. The SMILES string of the molecule is Cc1nc(C)c(-c2nsc(Nc3ccc(C(=O)N4C5CCC4CN(c4ncc(C(F)(F)F)cn4)C5)cn3)n2)s1. The lowest BCUT2D eigenvalue weighted by atomic mass is 10.1. The van der Waals surface area contributed by atoms with E-state index in [0.717, 1.165) is 40.8 Å². The van der Waals surface area contributed by atoms with E-state index in [1.807, 2.05) is 23.6 Å². The number of nitrogens with one attached hydrogen (secondary N) is 1. The summed E-state index contributed by atoms with van der Waals surface area (Å²) in [6.45, 7) is 4.79. The molecule has 2 aliphatic heterocycles. The normalized spacial score (nSPS) is 19.0. The molecular weight excluding hydrogens is 551 g/mol. The molecule has 6 rings (SSSR count). The third-order valence-electron chi connectivity index (χ3n) is 6.74. The second-order valence-electron chi connectivity index (χ2n) is 9.40. The summed E-state index contributed by atoms with van der Waals surface area (Å²) < 4.78 is 43.0. The number of piperazine rings is 1. The van der Waals surface area contributed by atoms with Gasteiger partial charge < -0.3 is 15.1 Å². The molecule has 2 fully saturated rings. The lowest BCUT2D eigenvalue weighted by Gasteiger charge is -2.41. The van der Waals surface area contributed by atoms with Gasteiger partial charge in [0.05, 0.1) is 38.8 Å². The highest BCUT2D eigenvalue weighted by Crippen LogP contribution is 2.34. The topological polar surface area (TPSA) is 113 Å². The van der Waals surface area contributed by atoms with Gasteiger partial charge in [-0.15, -0.1) is 11.3 Å². The van der Waals surface area contributed by atoms with Crippen LogP contribution in [-0.2, 0) is 6.18 Å². The average molecular weight is 574 g/mol. The molecule has 2 saturated heterocycles. The smallest absolute Gasteiger partial charge is 0.337 e. The summed E-state index contributed by atoms with van der Waals surface area (Å²) in [5, 5.41) is 4.68. The molecule has 2 aliphatic rings. The van der Waals surface area contributed by atoms with Gasteiger partial charge in [-0.3, -0.25) is 4.79 Å². The van der Waals surface area contributed by atoms with Gasteiger partial charge in [0.1, 0.15) is 5.82 Å². The standard InChI is InChI=1S/C24H22F3N9OS2/c1-12-19(38-13(2)31-12)20-33-23(39-34-20)32-18-6-3-14(7-28-18)21(37)36-16-4-5-17(36)11-35(10-16)22-29-8-15(9-30-22)24(25,26)27/h3,6-9,16-17H,4-5,10-11H2,1-2H3,(H,28,32,33,34). The number of carbonyl (C=O) groups is 1. The van der Waals surface area contributed by atoms with Crippen LogP contribution in [0.15, 0.2) is 30.7 Å². The van der Waals surface area contributed by atoms with E-state index in [1.54, 1.807) is 23.5 Å². The van der Waals surface area contributed by atoms with Crippen molar-refractivity contribution < 1.29 is 18.0 Å². The van der Waals surface area contributed by atoms with Gasteiger partial charge in [0.2, 0.25) is 11.1 Å². The van der Waals surface area contributed by atoms with Crippen LogP contribution in [0.3, 0.4) is 0 Å². The summed E-state index contributed by atoms with van der Waals surface area (Å²) in [4.78, 5) is 39.2. The van der Waals surface area contributed by atoms with Crippen LogP contribution in [0, 0.1) is 13.8 Å². The van der Waals surface area contributed by atoms with E-state index in [-0.39, 0.29) is 23.9 Å². The first-order valence-electron chi connectivity index (χ1n) is 12.1. The Hall–Kier alpha value is -3.72. The zero-order valence-electron chi connectivity index (χ0n) is 20.8. The summed E-state index contributed by atoms with van der Waals surface area (Å²) in [6, 6.07) is 3.28. The fourth-order valence-electron chi connectivity index (χ4n) is 4.99. The summed E-state index contributed by atoms with van der Waals surface area (Å²) in [5.41, 5.74) is 0.472. The molecule has 0 saturated carbocycles. The molecule has 2 bridgehead atoms. The Labute approximate surface area is 229 Å². The molecular formula is C24H22F3N9OS2. The van der Waals surface area contributed by atoms with Crippen LogP contribution in [0.25, 0.3) is 10.7 Å². The third kappa shape index (κ3) is 5.03. The van der Waals surface area contributed by atoms with Gasteiger partial charge in [0.15, 0.2) is 5.82 Å². The van der Waals surface area contributed by atoms with E-state index in [4.69, 9.17) is 0 Å². The van der Waals surface area contributed by atoms with Crippen LogP contribution >= 0.6 is 22.9 Å². The predicted octanol–water partition coefficient (Wildman–Crippen LogP) is 4.72. The van der Waals surface area contributed by atoms with E-state index in [9.17, 15) is 18.0 Å². The highest BCUT2D eigenvalue weighted by Gasteiger charge is 2.43. The van der Waals surface area contributed by atoms with Crippen molar-refractivity contribution in [3.63, 3.8) is 0 Å². The van der Waals surface area contributed by atoms with Crippen molar-refractivity contribution in [2.75, 3.05) is 23.3 Å². The maximum absolute atomic E-state index is 13.4. The van der Waals surface area contributed by atoms with Gasteiger partial charge in [-0.2, -0.15) is 22.5 Å². The molecule has 1 N–H and O–H groups in total. The van der Waals surface area contributed by atoms with Gasteiger partial charge >= 0.3 is 6.18 Å². The Morgan fingerprint density at radius 3 is 2.33 bits per heavy atom. The number of fused-ring (bicyclic) bond motifs is 2. The fourth-order valence-corrected chi connectivity index (χ4v) is 6.48. The number of halogens is 3. The second kappa shape index (κ2) is 9.79. The van der Waals surface area contributed by atoms with Crippen molar-refractivity contribution >= 4 is 45.7 Å². The molecule has 0 aliphatic carbocycles. The maximum Gasteiger partial charge on any atom is 0.419 e. The van der Waals surface area contributed by atoms with E-state index in [0.29, 0.717) is 35.4 Å². The van der Waals surface area contributed by atoms with Gasteiger partial charge in [-0.05, 0) is 38.8 Å². The number of rotatable bonds is 5. The Kier molecular flexibility index (Phi) is 6.41. The number of hydrogen-bond donors (Lipinski definition) is 1. The molecule has 4 aromatic rings. The quantitative estimate of drug-likeness (QED) is 0.362. The first kappa shape index (κ1) is 25.6. The molecule has 1 amide bonds. The summed E-state index contributed by atoms with van der Waals surface area (Å²) in [7, 11) is 0. The Bertz CT molecular complexity index is 1490. The first-order valence-corrected chi connectivity index (χ1v) is 13.7. The zero-order chi connectivity index (χ0) is 27.3. The number of carbonyl (C=O) groups excluding carboxylic acids is 1. The van der Waals surface area contributed by atoms with Crippen LogP contribution in [0.5, 0.6) is 0 Å². The van der Waals surface area contributed by atoms with Crippen molar-refractivity contribution in [1.82, 2.24) is 34.2 Å². The summed E-state index contributed by atoms with van der Waals surface area (Å²) in [5.74, 6) is 1.28. The fraction of sp³-hybridized carbons (Fsp3) is 0.375. The van der Waals surface area contributed by atoms with Crippen molar-refractivity contribution in [1.29, 1.82) is 0 Å². The monoisotopic (exact) mass is 573 g/mol. The van der Waals surface area contributed by atoms with Crippen molar-refractivity contribution in [3.05, 3.63) is 52.6 Å². The lowest BCUT2D eigenvalue weighted by Crippen LogP contribution is -2.56. The summed E-state index contributed by atoms with van der Waals surface area (Å²) >= 11 is 2.77. The van der Waals surface area contributed by atoms with Crippen LogP contribution in [0.2, 0.25) is 0 Å². The van der Waals surface area contributed by atoms with Gasteiger partial charge in [-0.1, -0.05) is 0 Å². The molecule has 0 radical (unpaired) electrons. The highest BCUT2D eigenvalue weighted by atomic mass is 32.1. The highest BCUT2D eigenvalue weighted by molar-refractivity contribution is 7.15. The Balaban J connectivity index is 1.11. The van der Waals surface area contributed by atoms with Crippen molar-refractivity contribution in [2.45, 2.75) is 44.9 Å². The maximum atomic E-state index is 13.4. The minimum absolute atomic E-state index is 0.0846. The van der Waals surface area contributed by atoms with E-state index in [1.165, 1.54) is 17.7 Å². The molecule has 2 unspecified atom stereocenters. The molecule has 202 valence electrons. The minimum atomic E-state index is -4.48. The Morgan fingerprint density at radius 1 is 1.03 bits per heavy atom. The van der Waals surface area contributed by atoms with E-state index in [2.05, 4.69) is 34.6 Å². The van der Waals surface area contributed by atoms with Gasteiger partial charge in [-0.25, -0.2) is 19.9 Å². The molecule has 0 spiro atoms. The molecule has 2 atom stereocenters. The third-order valence-corrected chi connectivity index (χ3v) is 8.44. The number of alkyl halides is 3. The number of amides is 1. The zero-order valence-corrected chi connectivity index (χ0v) is 22.4. The number of hydrogen-bond acceptors (Lipinski definition) is 11. The van der Waals surface area contributed by atoms with Gasteiger partial charge in [0.25, 0.3) is 5.91 Å². The molecule has 39 heavy (non-hydrogen) atoms. The Morgan fingerprint density at radius 2 is 1.74 bits per heavy atom. The number of aromatic nitrogens is 6. The molecule has 0 aromatic carbocycles. The van der Waals surface area contributed by atoms with Crippen molar-refractivity contribution in [3.8, 4) is 10.7 Å². The van der Waals surface area contributed by atoms with E-state index >= 15 is 0 Å². The van der Waals surface area contributed by atoms with Crippen LogP contribution < -0.4 is 10.2 Å². The number of pyridine rings is 1. The number of aryl methyl sites for hydroxylation is 2. The number of anilines is 3. The lowest BCUT2D eigenvalue weighted by molar-refractivity contribution is -0.138. The van der Waals surface area contributed by atoms with Gasteiger partial charge in [0, 0.05) is 43.2 Å². The predicted molar refractivity (Wildman–Crippen MR) is 140 cm³/mol. The average Bonchev–Trinajstić information content (AvgIpc) is 3.58. The van der Waals surface area contributed by atoms with E-state index < -0.39 is 11.7 Å². The molecule has 6 heterocycles. The molecule has 4 aromatic heterocycles. The minimum Gasteiger partial charge on any atom is -0.337 e. The van der Waals surface area contributed by atoms with Crippen LogP contribution in [0.1, 0.15) is 39.5 Å². The number of thiazole rings is 1. The summed E-state index contributed by atoms with van der Waals surface area (Å²) in [6.07, 6.45) is 0.258. The van der Waals surface area contributed by atoms with Crippen LogP contribution in [0.4, 0.5) is 30.1 Å².